The van der Waals surface area contributed by atoms with E-state index in [0.717, 1.165) is 6.54 Å². The summed E-state index contributed by atoms with van der Waals surface area (Å²) in [6, 6.07) is 0.615. The summed E-state index contributed by atoms with van der Waals surface area (Å²) in [6.07, 6.45) is 1.32. The van der Waals surface area contributed by atoms with Crippen molar-refractivity contribution in [2.24, 2.45) is 0 Å². The van der Waals surface area contributed by atoms with Gasteiger partial charge in [0.25, 0.3) is 0 Å². The van der Waals surface area contributed by atoms with Gasteiger partial charge >= 0.3 is 0 Å². The first-order valence-electron chi connectivity index (χ1n) is 5.83. The van der Waals surface area contributed by atoms with Crippen molar-refractivity contribution in [1.29, 1.82) is 0 Å². The van der Waals surface area contributed by atoms with Gasteiger partial charge in [-0.2, -0.15) is 0 Å². The molecule has 1 fully saturated rings. The first kappa shape index (κ1) is 12.0. The summed E-state index contributed by atoms with van der Waals surface area (Å²) in [5.74, 6) is 0. The van der Waals surface area contributed by atoms with Gasteiger partial charge in [0, 0.05) is 32.2 Å². The molecule has 0 bridgehead atoms. The molecule has 1 aliphatic rings. The summed E-state index contributed by atoms with van der Waals surface area (Å²) in [7, 11) is 2.22. The van der Waals surface area contributed by atoms with Crippen LogP contribution in [0.4, 0.5) is 0 Å². The molecule has 84 valence electrons. The number of likely N-dealkylation sites (N-methyl/N-ethyl adjacent to an activating group) is 1. The average Bonchev–Trinajstić information content (AvgIpc) is 2.30. The Kier molecular flexibility index (Phi) is 5.45. The highest BCUT2D eigenvalue weighted by Crippen LogP contribution is 1.99. The minimum absolute atomic E-state index is 0.615. The lowest BCUT2D eigenvalue weighted by Crippen LogP contribution is -2.36. The molecular weight excluding hydrogens is 174 g/mol. The van der Waals surface area contributed by atoms with E-state index in [-0.39, 0.29) is 0 Å². The van der Waals surface area contributed by atoms with E-state index in [9.17, 15) is 0 Å². The molecule has 14 heavy (non-hydrogen) atoms. The zero-order valence-electron chi connectivity index (χ0n) is 9.92. The van der Waals surface area contributed by atoms with E-state index < -0.39 is 0 Å². The molecular formula is C11H25N3. The molecule has 0 aliphatic carbocycles. The van der Waals surface area contributed by atoms with Crippen molar-refractivity contribution in [2.45, 2.75) is 26.3 Å². The molecule has 0 unspecified atom stereocenters. The summed E-state index contributed by atoms with van der Waals surface area (Å²) >= 11 is 0. The molecule has 1 heterocycles. The van der Waals surface area contributed by atoms with Crippen molar-refractivity contribution in [3.8, 4) is 0 Å². The van der Waals surface area contributed by atoms with Gasteiger partial charge in [-0.25, -0.2) is 0 Å². The zero-order chi connectivity index (χ0) is 10.4. The molecule has 0 atom stereocenters. The number of hydrogen-bond acceptors (Lipinski definition) is 3. The van der Waals surface area contributed by atoms with Crippen molar-refractivity contribution in [1.82, 2.24) is 15.1 Å². The van der Waals surface area contributed by atoms with Crippen molar-refractivity contribution in [2.75, 3.05) is 46.3 Å². The average molecular weight is 199 g/mol. The molecule has 0 amide bonds. The van der Waals surface area contributed by atoms with E-state index in [1.165, 1.54) is 39.1 Å². The van der Waals surface area contributed by atoms with Crippen LogP contribution in [0.2, 0.25) is 0 Å². The standard InChI is InChI=1S/C11H25N3/c1-11(2)12-5-8-14-7-4-6-13(3)9-10-14/h11-12H,4-10H2,1-3H3. The van der Waals surface area contributed by atoms with E-state index in [1.807, 2.05) is 0 Å². The van der Waals surface area contributed by atoms with Gasteiger partial charge in [0.2, 0.25) is 0 Å². The van der Waals surface area contributed by atoms with Crippen LogP contribution in [0.5, 0.6) is 0 Å². The second-order valence-corrected chi connectivity index (χ2v) is 4.61. The molecule has 0 radical (unpaired) electrons. The molecule has 1 N–H and O–H groups in total. The lowest BCUT2D eigenvalue weighted by molar-refractivity contribution is 0.273. The molecule has 3 heteroatoms. The quantitative estimate of drug-likeness (QED) is 0.716. The molecule has 0 aromatic heterocycles. The number of hydrogen-bond donors (Lipinski definition) is 1. The van der Waals surface area contributed by atoms with Gasteiger partial charge in [-0.1, -0.05) is 13.8 Å². The highest BCUT2D eigenvalue weighted by Gasteiger charge is 2.10. The van der Waals surface area contributed by atoms with Crippen LogP contribution < -0.4 is 5.32 Å². The maximum Gasteiger partial charge on any atom is 0.0110 e. The second-order valence-electron chi connectivity index (χ2n) is 4.61. The molecule has 1 aliphatic heterocycles. The van der Waals surface area contributed by atoms with E-state index >= 15 is 0 Å². The Labute approximate surface area is 88.5 Å². The number of rotatable bonds is 4. The fourth-order valence-electron chi connectivity index (χ4n) is 1.83. The minimum Gasteiger partial charge on any atom is -0.313 e. The van der Waals surface area contributed by atoms with E-state index in [0.29, 0.717) is 6.04 Å². The smallest absolute Gasteiger partial charge is 0.0110 e. The van der Waals surface area contributed by atoms with Crippen molar-refractivity contribution < 1.29 is 0 Å². The van der Waals surface area contributed by atoms with Gasteiger partial charge in [0.15, 0.2) is 0 Å². The summed E-state index contributed by atoms with van der Waals surface area (Å²) < 4.78 is 0. The van der Waals surface area contributed by atoms with Gasteiger partial charge in [-0.15, -0.1) is 0 Å². The number of nitrogens with one attached hydrogen (secondary N) is 1. The van der Waals surface area contributed by atoms with Gasteiger partial charge in [0.05, 0.1) is 0 Å². The summed E-state index contributed by atoms with van der Waals surface area (Å²) in [4.78, 5) is 4.99. The Morgan fingerprint density at radius 3 is 2.64 bits per heavy atom. The lowest BCUT2D eigenvalue weighted by Gasteiger charge is -2.20. The molecule has 0 saturated carbocycles. The van der Waals surface area contributed by atoms with Gasteiger partial charge in [-0.3, -0.25) is 0 Å². The lowest BCUT2D eigenvalue weighted by atomic mass is 10.3. The van der Waals surface area contributed by atoms with Crippen LogP contribution in [0.1, 0.15) is 20.3 Å². The van der Waals surface area contributed by atoms with E-state index in [4.69, 9.17) is 0 Å². The fourth-order valence-corrected chi connectivity index (χ4v) is 1.83. The highest BCUT2D eigenvalue weighted by atomic mass is 15.2. The maximum absolute atomic E-state index is 3.47. The second kappa shape index (κ2) is 6.38. The largest absolute Gasteiger partial charge is 0.313 e. The van der Waals surface area contributed by atoms with Gasteiger partial charge in [0.1, 0.15) is 0 Å². The third-order valence-electron chi connectivity index (χ3n) is 2.79. The Morgan fingerprint density at radius 2 is 1.93 bits per heavy atom. The molecule has 0 aromatic carbocycles. The molecule has 1 saturated heterocycles. The third-order valence-corrected chi connectivity index (χ3v) is 2.79. The molecule has 0 spiro atoms. The van der Waals surface area contributed by atoms with Crippen molar-refractivity contribution >= 4 is 0 Å². The van der Waals surface area contributed by atoms with Gasteiger partial charge in [-0.05, 0) is 26.6 Å². The zero-order valence-corrected chi connectivity index (χ0v) is 9.92. The predicted molar refractivity (Wildman–Crippen MR) is 61.7 cm³/mol. The van der Waals surface area contributed by atoms with Crippen molar-refractivity contribution in [3.63, 3.8) is 0 Å². The Hall–Kier alpha value is -0.120. The van der Waals surface area contributed by atoms with Crippen LogP contribution in [-0.4, -0.2) is 62.2 Å². The minimum atomic E-state index is 0.615. The number of nitrogens with zero attached hydrogens (tertiary/aromatic N) is 2. The predicted octanol–water partition coefficient (Wildman–Crippen LogP) is 0.622. The Morgan fingerprint density at radius 1 is 1.14 bits per heavy atom. The Balaban J connectivity index is 2.11. The topological polar surface area (TPSA) is 18.5 Å². The summed E-state index contributed by atoms with van der Waals surface area (Å²) in [5.41, 5.74) is 0. The highest BCUT2D eigenvalue weighted by molar-refractivity contribution is 4.68. The first-order valence-corrected chi connectivity index (χ1v) is 5.83. The summed E-state index contributed by atoms with van der Waals surface area (Å²) in [5, 5.41) is 3.47. The van der Waals surface area contributed by atoms with Crippen molar-refractivity contribution in [3.05, 3.63) is 0 Å². The molecule has 0 aromatic rings. The Bertz CT molecular complexity index is 147. The van der Waals surface area contributed by atoms with Gasteiger partial charge < -0.3 is 15.1 Å². The van der Waals surface area contributed by atoms with Crippen LogP contribution in [0.3, 0.4) is 0 Å². The van der Waals surface area contributed by atoms with Crippen LogP contribution in [0.25, 0.3) is 0 Å². The molecule has 1 rings (SSSR count). The maximum atomic E-state index is 3.47. The summed E-state index contributed by atoms with van der Waals surface area (Å²) in [6.45, 7) is 11.7. The first-order chi connectivity index (χ1) is 6.68. The van der Waals surface area contributed by atoms with Crippen LogP contribution in [0, 0.1) is 0 Å². The van der Waals surface area contributed by atoms with E-state index in [2.05, 4.69) is 36.0 Å². The fraction of sp³-hybridized carbons (Fsp3) is 1.00. The third kappa shape index (κ3) is 4.94. The molecule has 3 nitrogen and oxygen atoms in total. The normalized spacial score (nSPS) is 21.4. The van der Waals surface area contributed by atoms with Crippen LogP contribution >= 0.6 is 0 Å². The monoisotopic (exact) mass is 199 g/mol. The van der Waals surface area contributed by atoms with E-state index in [1.54, 1.807) is 0 Å². The van der Waals surface area contributed by atoms with Crippen LogP contribution in [0.15, 0.2) is 0 Å². The SMILES string of the molecule is CC(C)NCCN1CCCN(C)CC1. The van der Waals surface area contributed by atoms with Crippen LogP contribution in [-0.2, 0) is 0 Å².